The van der Waals surface area contributed by atoms with Gasteiger partial charge >= 0.3 is 0 Å². The predicted molar refractivity (Wildman–Crippen MR) is 79.2 cm³/mol. The third-order valence-electron chi connectivity index (χ3n) is 2.19. The summed E-state index contributed by atoms with van der Waals surface area (Å²) in [5, 5.41) is 14.5. The van der Waals surface area contributed by atoms with E-state index >= 15 is 0 Å². The van der Waals surface area contributed by atoms with E-state index in [2.05, 4.69) is 20.5 Å². The molecule has 0 aliphatic carbocycles. The van der Waals surface area contributed by atoms with Crippen LogP contribution in [0.2, 0.25) is 0 Å². The van der Waals surface area contributed by atoms with Gasteiger partial charge in [-0.15, -0.1) is 21.5 Å². The van der Waals surface area contributed by atoms with Crippen LogP contribution in [0.5, 0.6) is 0 Å². The molecule has 2 rings (SSSR count). The standard InChI is InChI=1S/C11H14N4OS3/c1-7-13-9(6-18-7)10(16)12-4-3-5-17-11-15-14-8(2)19-11/h6H,3-5H2,1-2H3,(H,12,16). The van der Waals surface area contributed by atoms with Crippen molar-refractivity contribution in [3.63, 3.8) is 0 Å². The van der Waals surface area contributed by atoms with Gasteiger partial charge in [-0.3, -0.25) is 4.79 Å². The maximum Gasteiger partial charge on any atom is 0.270 e. The van der Waals surface area contributed by atoms with Gasteiger partial charge in [0, 0.05) is 17.7 Å². The predicted octanol–water partition coefficient (Wildman–Crippen LogP) is 2.52. The Balaban J connectivity index is 1.63. The maximum atomic E-state index is 11.7. The van der Waals surface area contributed by atoms with Crippen molar-refractivity contribution in [2.75, 3.05) is 12.3 Å². The summed E-state index contributed by atoms with van der Waals surface area (Å²) in [7, 11) is 0. The summed E-state index contributed by atoms with van der Waals surface area (Å²) >= 11 is 4.76. The normalized spacial score (nSPS) is 10.6. The lowest BCUT2D eigenvalue weighted by Crippen LogP contribution is -2.25. The number of carbonyl (C=O) groups excluding carboxylic acids is 1. The lowest BCUT2D eigenvalue weighted by Gasteiger charge is -2.01. The smallest absolute Gasteiger partial charge is 0.270 e. The van der Waals surface area contributed by atoms with E-state index in [0.717, 1.165) is 26.5 Å². The fourth-order valence-corrected chi connectivity index (χ4v) is 3.75. The zero-order chi connectivity index (χ0) is 13.7. The molecule has 0 fully saturated rings. The largest absolute Gasteiger partial charge is 0.351 e. The molecule has 1 amide bonds. The van der Waals surface area contributed by atoms with Crippen LogP contribution in [-0.2, 0) is 0 Å². The monoisotopic (exact) mass is 314 g/mol. The molecular weight excluding hydrogens is 300 g/mol. The first-order chi connectivity index (χ1) is 9.15. The number of hydrogen-bond acceptors (Lipinski definition) is 7. The molecule has 102 valence electrons. The van der Waals surface area contributed by atoms with Crippen LogP contribution in [0.3, 0.4) is 0 Å². The lowest BCUT2D eigenvalue weighted by atomic mass is 10.4. The molecule has 0 aliphatic rings. The second kappa shape index (κ2) is 6.97. The van der Waals surface area contributed by atoms with Gasteiger partial charge in [0.1, 0.15) is 10.7 Å². The molecule has 0 aromatic carbocycles. The Kier molecular flexibility index (Phi) is 5.29. The van der Waals surface area contributed by atoms with Crippen LogP contribution in [0.4, 0.5) is 0 Å². The van der Waals surface area contributed by atoms with Crippen LogP contribution in [0.15, 0.2) is 9.72 Å². The van der Waals surface area contributed by atoms with Gasteiger partial charge in [0.05, 0.1) is 5.01 Å². The van der Waals surface area contributed by atoms with E-state index in [0.29, 0.717) is 12.2 Å². The second-order valence-electron chi connectivity index (χ2n) is 3.80. The van der Waals surface area contributed by atoms with Crippen molar-refractivity contribution >= 4 is 40.3 Å². The molecule has 19 heavy (non-hydrogen) atoms. The number of thioether (sulfide) groups is 1. The zero-order valence-electron chi connectivity index (χ0n) is 10.7. The molecule has 0 unspecified atom stereocenters. The van der Waals surface area contributed by atoms with E-state index < -0.39 is 0 Å². The van der Waals surface area contributed by atoms with Crippen LogP contribution in [0.1, 0.15) is 26.9 Å². The Morgan fingerprint density at radius 2 is 2.21 bits per heavy atom. The van der Waals surface area contributed by atoms with Gasteiger partial charge < -0.3 is 5.32 Å². The Hall–Kier alpha value is -0.990. The molecule has 1 N–H and O–H groups in total. The van der Waals surface area contributed by atoms with E-state index in [-0.39, 0.29) is 5.91 Å². The number of nitrogens with one attached hydrogen (secondary N) is 1. The van der Waals surface area contributed by atoms with Gasteiger partial charge in [0.25, 0.3) is 5.91 Å². The first-order valence-corrected chi connectivity index (χ1v) is 8.46. The molecular formula is C11H14N4OS3. The first kappa shape index (κ1) is 14.4. The Bertz CT molecular complexity index is 552. The number of aromatic nitrogens is 3. The molecule has 8 heteroatoms. The van der Waals surface area contributed by atoms with Crippen molar-refractivity contribution in [1.29, 1.82) is 0 Å². The van der Waals surface area contributed by atoms with Crippen molar-refractivity contribution in [3.05, 3.63) is 21.1 Å². The molecule has 2 aromatic rings. The van der Waals surface area contributed by atoms with Gasteiger partial charge in [0.15, 0.2) is 4.34 Å². The zero-order valence-corrected chi connectivity index (χ0v) is 13.1. The summed E-state index contributed by atoms with van der Waals surface area (Å²) in [5.41, 5.74) is 0.509. The van der Waals surface area contributed by atoms with E-state index in [1.54, 1.807) is 28.5 Å². The van der Waals surface area contributed by atoms with E-state index in [1.807, 2.05) is 13.8 Å². The van der Waals surface area contributed by atoms with Gasteiger partial charge in [-0.25, -0.2) is 4.98 Å². The number of nitrogens with zero attached hydrogens (tertiary/aromatic N) is 3. The van der Waals surface area contributed by atoms with E-state index in [4.69, 9.17) is 0 Å². The number of amides is 1. The third kappa shape index (κ3) is 4.55. The van der Waals surface area contributed by atoms with Gasteiger partial charge in [-0.05, 0) is 20.3 Å². The van der Waals surface area contributed by atoms with E-state index in [1.165, 1.54) is 11.3 Å². The first-order valence-electron chi connectivity index (χ1n) is 5.78. The molecule has 0 saturated heterocycles. The van der Waals surface area contributed by atoms with Crippen LogP contribution in [0, 0.1) is 13.8 Å². The summed E-state index contributed by atoms with van der Waals surface area (Å²) in [4.78, 5) is 15.8. The Labute approximate surface area is 123 Å². The minimum Gasteiger partial charge on any atom is -0.351 e. The Morgan fingerprint density at radius 3 is 2.84 bits per heavy atom. The molecule has 5 nitrogen and oxygen atoms in total. The van der Waals surface area contributed by atoms with Crippen molar-refractivity contribution in [1.82, 2.24) is 20.5 Å². The molecule has 0 radical (unpaired) electrons. The van der Waals surface area contributed by atoms with Crippen molar-refractivity contribution < 1.29 is 4.79 Å². The molecule has 0 aliphatic heterocycles. The summed E-state index contributed by atoms with van der Waals surface area (Å²) < 4.78 is 0.985. The molecule has 0 saturated carbocycles. The summed E-state index contributed by atoms with van der Waals surface area (Å²) in [6, 6.07) is 0. The highest BCUT2D eigenvalue weighted by atomic mass is 32.2. The number of carbonyl (C=O) groups is 1. The van der Waals surface area contributed by atoms with Gasteiger partial charge in [-0.2, -0.15) is 0 Å². The van der Waals surface area contributed by atoms with Crippen LogP contribution in [0.25, 0.3) is 0 Å². The highest BCUT2D eigenvalue weighted by molar-refractivity contribution is 8.01. The van der Waals surface area contributed by atoms with E-state index in [9.17, 15) is 4.79 Å². The number of aryl methyl sites for hydroxylation is 2. The third-order valence-corrected chi connectivity index (χ3v) is 5.02. The minimum absolute atomic E-state index is 0.0962. The highest BCUT2D eigenvalue weighted by Gasteiger charge is 2.08. The number of rotatable bonds is 6. The van der Waals surface area contributed by atoms with Crippen LogP contribution < -0.4 is 5.32 Å². The Morgan fingerprint density at radius 1 is 1.37 bits per heavy atom. The fraction of sp³-hybridized carbons (Fsp3) is 0.455. The van der Waals surface area contributed by atoms with Crippen molar-refractivity contribution in [2.24, 2.45) is 0 Å². The van der Waals surface area contributed by atoms with Gasteiger partial charge in [-0.1, -0.05) is 23.1 Å². The van der Waals surface area contributed by atoms with Crippen molar-refractivity contribution in [2.45, 2.75) is 24.6 Å². The minimum atomic E-state index is -0.0962. The second-order valence-corrected chi connectivity index (χ2v) is 7.38. The lowest BCUT2D eigenvalue weighted by molar-refractivity contribution is 0.0949. The maximum absolute atomic E-state index is 11.7. The molecule has 0 bridgehead atoms. The highest BCUT2D eigenvalue weighted by Crippen LogP contribution is 2.21. The van der Waals surface area contributed by atoms with Crippen LogP contribution in [-0.4, -0.2) is 33.4 Å². The summed E-state index contributed by atoms with van der Waals surface area (Å²) in [6.45, 7) is 4.49. The van der Waals surface area contributed by atoms with Gasteiger partial charge in [0.2, 0.25) is 0 Å². The average Bonchev–Trinajstić information content (AvgIpc) is 2.98. The number of thiazole rings is 1. The molecule has 2 aromatic heterocycles. The topological polar surface area (TPSA) is 67.8 Å². The average molecular weight is 314 g/mol. The fourth-order valence-electron chi connectivity index (χ4n) is 1.33. The summed E-state index contributed by atoms with van der Waals surface area (Å²) in [6.07, 6.45) is 0.901. The summed E-state index contributed by atoms with van der Waals surface area (Å²) in [5.74, 6) is 0.825. The molecule has 0 spiro atoms. The molecule has 2 heterocycles. The quantitative estimate of drug-likeness (QED) is 0.655. The van der Waals surface area contributed by atoms with Crippen molar-refractivity contribution in [3.8, 4) is 0 Å². The molecule has 0 atom stereocenters. The number of hydrogen-bond donors (Lipinski definition) is 1. The SMILES string of the molecule is Cc1nc(C(=O)NCCCSc2nnc(C)s2)cs1. The van der Waals surface area contributed by atoms with Crippen LogP contribution >= 0.6 is 34.4 Å².